The second-order valence-corrected chi connectivity index (χ2v) is 4.20. The number of rotatable bonds is 1. The van der Waals surface area contributed by atoms with Crippen molar-refractivity contribution in [1.82, 2.24) is 0 Å². The van der Waals surface area contributed by atoms with Crippen LogP contribution >= 0.6 is 11.6 Å². The molecule has 0 aliphatic heterocycles. The van der Waals surface area contributed by atoms with E-state index in [-0.39, 0.29) is 0 Å². The maximum atomic E-state index is 6.08. The minimum absolute atomic E-state index is 0.730. The summed E-state index contributed by atoms with van der Waals surface area (Å²) in [6, 6.07) is 8.21. The van der Waals surface area contributed by atoms with Gasteiger partial charge in [-0.3, -0.25) is 0 Å². The third-order valence-electron chi connectivity index (χ3n) is 2.72. The first-order chi connectivity index (χ1) is 5.77. The zero-order chi connectivity index (χ0) is 8.55. The van der Waals surface area contributed by atoms with Crippen molar-refractivity contribution in [3.05, 3.63) is 34.9 Å². The largest absolute Gasteiger partial charge is 0.0840 e. The summed E-state index contributed by atoms with van der Waals surface area (Å²) < 4.78 is 0. The minimum atomic E-state index is 0.730. The fourth-order valence-corrected chi connectivity index (χ4v) is 2.25. The Kier molecular flexibility index (Phi) is 2.10. The molecule has 0 amide bonds. The van der Waals surface area contributed by atoms with E-state index in [1.165, 1.54) is 18.4 Å². The van der Waals surface area contributed by atoms with Gasteiger partial charge in [-0.25, -0.2) is 0 Å². The van der Waals surface area contributed by atoms with Gasteiger partial charge in [0.25, 0.3) is 0 Å². The normalized spacial score (nSPS) is 28.2. The summed E-state index contributed by atoms with van der Waals surface area (Å²) in [6.07, 6.45) is 2.62. The average Bonchev–Trinajstić information content (AvgIpc) is 2.01. The summed E-state index contributed by atoms with van der Waals surface area (Å²) in [5.74, 6) is 1.62. The first-order valence-corrected chi connectivity index (χ1v) is 4.89. The van der Waals surface area contributed by atoms with Crippen LogP contribution in [0.4, 0.5) is 0 Å². The minimum Gasteiger partial charge on any atom is -0.0840 e. The van der Waals surface area contributed by atoms with Gasteiger partial charge in [-0.15, -0.1) is 0 Å². The second-order valence-electron chi connectivity index (χ2n) is 3.80. The molecule has 0 aromatic heterocycles. The Bertz CT molecular complexity index is 274. The molecule has 0 unspecified atom stereocenters. The van der Waals surface area contributed by atoms with Crippen molar-refractivity contribution >= 4 is 11.6 Å². The van der Waals surface area contributed by atoms with Crippen LogP contribution < -0.4 is 0 Å². The fraction of sp³-hybridized carbons (Fsp3) is 0.455. The second kappa shape index (κ2) is 3.10. The van der Waals surface area contributed by atoms with E-state index in [0.29, 0.717) is 0 Å². The Hall–Kier alpha value is -0.490. The molecule has 64 valence electrons. The summed E-state index contributed by atoms with van der Waals surface area (Å²) in [7, 11) is 0. The van der Waals surface area contributed by atoms with Crippen molar-refractivity contribution < 1.29 is 0 Å². The van der Waals surface area contributed by atoms with E-state index < -0.39 is 0 Å². The first-order valence-electron chi connectivity index (χ1n) is 4.52. The summed E-state index contributed by atoms with van der Waals surface area (Å²) in [4.78, 5) is 0. The Morgan fingerprint density at radius 3 is 2.50 bits per heavy atom. The molecule has 1 aromatic rings. The average molecular weight is 181 g/mol. The van der Waals surface area contributed by atoms with Crippen molar-refractivity contribution in [2.45, 2.75) is 25.7 Å². The lowest BCUT2D eigenvalue weighted by Gasteiger charge is -2.33. The molecule has 0 radical (unpaired) electrons. The summed E-state index contributed by atoms with van der Waals surface area (Å²) in [6.45, 7) is 2.30. The van der Waals surface area contributed by atoms with E-state index in [1.807, 2.05) is 12.1 Å². The van der Waals surface area contributed by atoms with E-state index in [2.05, 4.69) is 19.1 Å². The molecule has 1 aliphatic rings. The molecule has 1 saturated carbocycles. The van der Waals surface area contributed by atoms with Crippen LogP contribution in [0.15, 0.2) is 24.3 Å². The summed E-state index contributed by atoms with van der Waals surface area (Å²) >= 11 is 6.08. The van der Waals surface area contributed by atoms with E-state index in [1.54, 1.807) is 0 Å². The van der Waals surface area contributed by atoms with E-state index in [0.717, 1.165) is 16.9 Å². The van der Waals surface area contributed by atoms with Crippen molar-refractivity contribution in [2.24, 2.45) is 5.92 Å². The van der Waals surface area contributed by atoms with Crippen molar-refractivity contribution in [1.29, 1.82) is 0 Å². The topological polar surface area (TPSA) is 0 Å². The molecule has 0 saturated heterocycles. The molecular formula is C11H13Cl. The number of hydrogen-bond acceptors (Lipinski definition) is 0. The number of benzene rings is 1. The monoisotopic (exact) mass is 180 g/mol. The third-order valence-corrected chi connectivity index (χ3v) is 3.06. The quantitative estimate of drug-likeness (QED) is 0.616. The number of halogens is 1. The lowest BCUT2D eigenvalue weighted by molar-refractivity contribution is 0.288. The molecule has 0 heterocycles. The lowest BCUT2D eigenvalue weighted by atomic mass is 9.72. The fourth-order valence-electron chi connectivity index (χ4n) is 1.96. The van der Waals surface area contributed by atoms with Gasteiger partial charge in [-0.1, -0.05) is 36.7 Å². The molecule has 0 N–H and O–H groups in total. The van der Waals surface area contributed by atoms with Gasteiger partial charge < -0.3 is 0 Å². The van der Waals surface area contributed by atoms with Crippen molar-refractivity contribution in [2.75, 3.05) is 0 Å². The predicted molar refractivity (Wildman–Crippen MR) is 52.6 cm³/mol. The molecule has 1 heteroatoms. The van der Waals surface area contributed by atoms with Crippen LogP contribution in [-0.4, -0.2) is 0 Å². The van der Waals surface area contributed by atoms with Crippen LogP contribution in [0, 0.1) is 5.92 Å². The summed E-state index contributed by atoms with van der Waals surface area (Å²) in [5, 5.41) is 0.939. The highest BCUT2D eigenvalue weighted by Crippen LogP contribution is 2.43. The zero-order valence-corrected chi connectivity index (χ0v) is 8.01. The van der Waals surface area contributed by atoms with Crippen LogP contribution in [0.3, 0.4) is 0 Å². The molecule has 1 aliphatic carbocycles. The highest BCUT2D eigenvalue weighted by molar-refractivity contribution is 6.31. The molecule has 1 fully saturated rings. The van der Waals surface area contributed by atoms with Crippen LogP contribution in [0.2, 0.25) is 5.02 Å². The molecular weight excluding hydrogens is 168 g/mol. The van der Waals surface area contributed by atoms with Gasteiger partial charge in [0.05, 0.1) is 0 Å². The SMILES string of the molecule is C[C@H]1C[C@H](c2ccccc2Cl)C1. The molecule has 0 spiro atoms. The standard InChI is InChI=1S/C11H13Cl/c1-8-6-9(7-8)10-4-2-3-5-11(10)12/h2-5,8-9H,6-7H2,1H3/t8-,9-. The van der Waals surface area contributed by atoms with Gasteiger partial charge in [0, 0.05) is 5.02 Å². The van der Waals surface area contributed by atoms with Gasteiger partial charge in [0.15, 0.2) is 0 Å². The van der Waals surface area contributed by atoms with Gasteiger partial charge in [-0.05, 0) is 36.3 Å². The van der Waals surface area contributed by atoms with Gasteiger partial charge in [0.2, 0.25) is 0 Å². The van der Waals surface area contributed by atoms with E-state index >= 15 is 0 Å². The van der Waals surface area contributed by atoms with Crippen LogP contribution in [0.1, 0.15) is 31.2 Å². The van der Waals surface area contributed by atoms with Gasteiger partial charge in [0.1, 0.15) is 0 Å². The molecule has 0 bridgehead atoms. The Morgan fingerprint density at radius 2 is 1.92 bits per heavy atom. The molecule has 0 atom stereocenters. The summed E-state index contributed by atoms with van der Waals surface area (Å²) in [5.41, 5.74) is 1.34. The maximum Gasteiger partial charge on any atom is 0.0440 e. The molecule has 2 rings (SSSR count). The third kappa shape index (κ3) is 1.36. The molecule has 1 aromatic carbocycles. The Morgan fingerprint density at radius 1 is 1.25 bits per heavy atom. The first kappa shape index (κ1) is 8.12. The van der Waals surface area contributed by atoms with Crippen molar-refractivity contribution in [3.63, 3.8) is 0 Å². The maximum absolute atomic E-state index is 6.08. The smallest absolute Gasteiger partial charge is 0.0440 e. The molecule has 12 heavy (non-hydrogen) atoms. The Balaban J connectivity index is 2.18. The lowest BCUT2D eigenvalue weighted by Crippen LogP contribution is -2.18. The van der Waals surface area contributed by atoms with Gasteiger partial charge >= 0.3 is 0 Å². The van der Waals surface area contributed by atoms with Crippen LogP contribution in [0.25, 0.3) is 0 Å². The zero-order valence-electron chi connectivity index (χ0n) is 7.26. The highest BCUT2D eigenvalue weighted by Gasteiger charge is 2.27. The van der Waals surface area contributed by atoms with E-state index in [4.69, 9.17) is 11.6 Å². The van der Waals surface area contributed by atoms with Gasteiger partial charge in [-0.2, -0.15) is 0 Å². The van der Waals surface area contributed by atoms with E-state index in [9.17, 15) is 0 Å². The highest BCUT2D eigenvalue weighted by atomic mass is 35.5. The molecule has 0 nitrogen and oxygen atoms in total. The Labute approximate surface area is 78.6 Å². The number of hydrogen-bond donors (Lipinski definition) is 0. The van der Waals surface area contributed by atoms with Crippen molar-refractivity contribution in [3.8, 4) is 0 Å². The van der Waals surface area contributed by atoms with Crippen LogP contribution in [0.5, 0.6) is 0 Å². The van der Waals surface area contributed by atoms with Crippen LogP contribution in [-0.2, 0) is 0 Å². The predicted octanol–water partition coefficient (Wildman–Crippen LogP) is 3.85.